The van der Waals surface area contributed by atoms with Crippen LogP contribution in [0.3, 0.4) is 0 Å². The molecule has 0 bridgehead atoms. The molecule has 7 heteroatoms. The zero-order valence-electron chi connectivity index (χ0n) is 18.8. The average Bonchev–Trinajstić information content (AvgIpc) is 2.75. The Hall–Kier alpha value is -3.16. The summed E-state index contributed by atoms with van der Waals surface area (Å²) in [4.78, 5) is 15.1. The van der Waals surface area contributed by atoms with Crippen molar-refractivity contribution in [3.8, 4) is 0 Å². The molecular weight excluding hydrogens is 422 g/mol. The van der Waals surface area contributed by atoms with E-state index in [9.17, 15) is 13.2 Å². The van der Waals surface area contributed by atoms with Crippen LogP contribution in [0.2, 0.25) is 0 Å². The number of hydrogen-bond acceptors (Lipinski definition) is 4. The number of hydrogen-bond donors (Lipinski definition) is 2. The third-order valence-electron chi connectivity index (χ3n) is 5.27. The Morgan fingerprint density at radius 1 is 0.938 bits per heavy atom. The number of carbonyl (C=O) groups is 1. The number of aryl methyl sites for hydroxylation is 2. The molecule has 32 heavy (non-hydrogen) atoms. The van der Waals surface area contributed by atoms with Crippen molar-refractivity contribution in [2.24, 2.45) is 0 Å². The van der Waals surface area contributed by atoms with Crippen molar-refractivity contribution in [2.45, 2.75) is 24.8 Å². The van der Waals surface area contributed by atoms with Crippen molar-refractivity contribution >= 4 is 21.6 Å². The van der Waals surface area contributed by atoms with Gasteiger partial charge in [0.05, 0.1) is 10.9 Å². The van der Waals surface area contributed by atoms with Crippen molar-refractivity contribution in [2.75, 3.05) is 25.4 Å². The number of benzene rings is 3. The molecule has 0 spiro atoms. The van der Waals surface area contributed by atoms with E-state index in [4.69, 9.17) is 0 Å². The number of sulfonamides is 1. The highest BCUT2D eigenvalue weighted by atomic mass is 32.2. The van der Waals surface area contributed by atoms with Gasteiger partial charge in [-0.25, -0.2) is 8.42 Å². The summed E-state index contributed by atoms with van der Waals surface area (Å²) in [6.45, 7) is 4.03. The van der Waals surface area contributed by atoms with Crippen LogP contribution in [0.25, 0.3) is 0 Å². The molecule has 0 radical (unpaired) electrons. The molecule has 0 aliphatic rings. The zero-order valence-corrected chi connectivity index (χ0v) is 19.6. The summed E-state index contributed by atoms with van der Waals surface area (Å²) in [5, 5.41) is 2.96. The molecule has 0 aliphatic heterocycles. The maximum absolute atomic E-state index is 12.9. The third-order valence-corrected chi connectivity index (χ3v) is 6.80. The average molecular weight is 452 g/mol. The van der Waals surface area contributed by atoms with Gasteiger partial charge in [-0.3, -0.25) is 9.52 Å². The van der Waals surface area contributed by atoms with E-state index in [2.05, 4.69) is 10.0 Å². The first-order valence-corrected chi connectivity index (χ1v) is 11.9. The Labute approximate surface area is 190 Å². The van der Waals surface area contributed by atoms with Crippen molar-refractivity contribution in [1.82, 2.24) is 10.2 Å². The highest BCUT2D eigenvalue weighted by Gasteiger charge is 2.19. The van der Waals surface area contributed by atoms with Crippen LogP contribution in [-0.2, 0) is 10.0 Å². The molecule has 0 saturated heterocycles. The Balaban J connectivity index is 1.74. The van der Waals surface area contributed by atoms with Gasteiger partial charge in [-0.05, 0) is 68.9 Å². The van der Waals surface area contributed by atoms with Crippen LogP contribution in [0.4, 0.5) is 5.69 Å². The van der Waals surface area contributed by atoms with Gasteiger partial charge in [0.1, 0.15) is 0 Å². The van der Waals surface area contributed by atoms with Gasteiger partial charge in [-0.1, -0.05) is 48.5 Å². The lowest BCUT2D eigenvalue weighted by molar-refractivity contribution is 0.0942. The standard InChI is InChI=1S/C25H29N3O3S/c1-18-13-14-19(2)24(15-18)32(30,31)27-22-12-8-11-21(16-22)25(29)26-17-23(28(3)4)20-9-6-5-7-10-20/h5-16,23,27H,17H2,1-4H3,(H,26,29). The van der Waals surface area contributed by atoms with Crippen molar-refractivity contribution in [1.29, 1.82) is 0 Å². The lowest BCUT2D eigenvalue weighted by Crippen LogP contribution is -2.34. The maximum Gasteiger partial charge on any atom is 0.262 e. The Morgan fingerprint density at radius 3 is 2.34 bits per heavy atom. The number of anilines is 1. The largest absolute Gasteiger partial charge is 0.350 e. The molecular formula is C25H29N3O3S. The first-order chi connectivity index (χ1) is 15.2. The van der Waals surface area contributed by atoms with Gasteiger partial charge in [0.15, 0.2) is 0 Å². The number of rotatable bonds is 8. The van der Waals surface area contributed by atoms with Gasteiger partial charge in [-0.2, -0.15) is 0 Å². The quantitative estimate of drug-likeness (QED) is 0.540. The monoisotopic (exact) mass is 451 g/mol. The first-order valence-electron chi connectivity index (χ1n) is 10.4. The van der Waals surface area contributed by atoms with E-state index >= 15 is 0 Å². The minimum Gasteiger partial charge on any atom is -0.350 e. The predicted molar refractivity (Wildman–Crippen MR) is 128 cm³/mol. The number of amides is 1. The van der Waals surface area contributed by atoms with E-state index in [1.807, 2.05) is 62.3 Å². The van der Waals surface area contributed by atoms with E-state index < -0.39 is 10.0 Å². The lowest BCUT2D eigenvalue weighted by Gasteiger charge is -2.25. The zero-order chi connectivity index (χ0) is 23.3. The molecule has 0 heterocycles. The Morgan fingerprint density at radius 2 is 1.66 bits per heavy atom. The summed E-state index contributed by atoms with van der Waals surface area (Å²) in [5.74, 6) is -0.263. The second kappa shape index (κ2) is 9.97. The highest BCUT2D eigenvalue weighted by Crippen LogP contribution is 2.22. The summed E-state index contributed by atoms with van der Waals surface area (Å²) in [6.07, 6.45) is 0. The van der Waals surface area contributed by atoms with Gasteiger partial charge in [-0.15, -0.1) is 0 Å². The van der Waals surface area contributed by atoms with Gasteiger partial charge in [0, 0.05) is 17.8 Å². The summed E-state index contributed by atoms with van der Waals surface area (Å²) >= 11 is 0. The second-order valence-corrected chi connectivity index (χ2v) is 9.71. The van der Waals surface area contributed by atoms with E-state index in [1.54, 1.807) is 43.3 Å². The third kappa shape index (κ3) is 5.75. The summed E-state index contributed by atoms with van der Waals surface area (Å²) in [6, 6.07) is 21.8. The molecule has 6 nitrogen and oxygen atoms in total. The number of nitrogens with one attached hydrogen (secondary N) is 2. The van der Waals surface area contributed by atoms with Crippen molar-refractivity contribution in [3.63, 3.8) is 0 Å². The van der Waals surface area contributed by atoms with Gasteiger partial charge in [0.25, 0.3) is 15.9 Å². The molecule has 3 aromatic carbocycles. The fourth-order valence-electron chi connectivity index (χ4n) is 3.50. The highest BCUT2D eigenvalue weighted by molar-refractivity contribution is 7.92. The van der Waals surface area contributed by atoms with Crippen molar-refractivity contribution < 1.29 is 13.2 Å². The van der Waals surface area contributed by atoms with E-state index in [0.29, 0.717) is 23.4 Å². The minimum absolute atomic E-state index is 0.0196. The predicted octanol–water partition coefficient (Wildman–Crippen LogP) is 4.14. The lowest BCUT2D eigenvalue weighted by atomic mass is 10.1. The smallest absolute Gasteiger partial charge is 0.262 e. The molecule has 1 atom stereocenters. The number of nitrogens with zero attached hydrogens (tertiary/aromatic N) is 1. The second-order valence-electron chi connectivity index (χ2n) is 8.06. The van der Waals surface area contributed by atoms with Gasteiger partial charge in [0.2, 0.25) is 0 Å². The van der Waals surface area contributed by atoms with Crippen LogP contribution >= 0.6 is 0 Å². The van der Waals surface area contributed by atoms with E-state index in [-0.39, 0.29) is 16.8 Å². The fourth-order valence-corrected chi connectivity index (χ4v) is 4.88. The normalized spacial score (nSPS) is 12.4. The molecule has 2 N–H and O–H groups in total. The van der Waals surface area contributed by atoms with Gasteiger partial charge < -0.3 is 10.2 Å². The number of likely N-dealkylation sites (N-methyl/N-ethyl adjacent to an activating group) is 1. The summed E-state index contributed by atoms with van der Waals surface area (Å²) in [5.41, 5.74) is 3.35. The Bertz CT molecular complexity index is 1190. The van der Waals surface area contributed by atoms with Crippen molar-refractivity contribution in [3.05, 3.63) is 95.1 Å². The first kappa shape index (κ1) is 23.5. The molecule has 0 aromatic heterocycles. The van der Waals surface area contributed by atoms with Crippen LogP contribution in [0.5, 0.6) is 0 Å². The topological polar surface area (TPSA) is 78.5 Å². The summed E-state index contributed by atoms with van der Waals surface area (Å²) in [7, 11) is 0.159. The molecule has 1 amide bonds. The van der Waals surface area contributed by atoms with Crippen LogP contribution in [-0.4, -0.2) is 39.9 Å². The molecule has 0 aliphatic carbocycles. The molecule has 3 aromatic rings. The molecule has 3 rings (SSSR count). The maximum atomic E-state index is 12.9. The molecule has 168 valence electrons. The van der Waals surface area contributed by atoms with E-state index in [0.717, 1.165) is 11.1 Å². The molecule has 1 unspecified atom stereocenters. The van der Waals surface area contributed by atoms with Crippen LogP contribution in [0, 0.1) is 13.8 Å². The molecule has 0 fully saturated rings. The SMILES string of the molecule is Cc1ccc(C)c(S(=O)(=O)Nc2cccc(C(=O)NCC(c3ccccc3)N(C)C)c2)c1. The van der Waals surface area contributed by atoms with E-state index in [1.165, 1.54) is 0 Å². The van der Waals surface area contributed by atoms with Crippen LogP contribution in [0.1, 0.15) is 33.1 Å². The van der Waals surface area contributed by atoms with Crippen LogP contribution < -0.4 is 10.0 Å². The molecule has 0 saturated carbocycles. The summed E-state index contributed by atoms with van der Waals surface area (Å²) < 4.78 is 28.4. The fraction of sp³-hybridized carbons (Fsp3) is 0.240. The number of carbonyl (C=O) groups excluding carboxylic acids is 1. The van der Waals surface area contributed by atoms with Gasteiger partial charge >= 0.3 is 0 Å². The van der Waals surface area contributed by atoms with Crippen LogP contribution in [0.15, 0.2) is 77.7 Å². The Kier molecular flexibility index (Phi) is 7.33. The minimum atomic E-state index is -3.77.